The van der Waals surface area contributed by atoms with Crippen molar-refractivity contribution in [3.8, 4) is 5.75 Å². The third-order valence-corrected chi connectivity index (χ3v) is 7.97. The number of nitro benzene ring substituents is 1. The van der Waals surface area contributed by atoms with Crippen molar-refractivity contribution < 1.29 is 32.2 Å². The van der Waals surface area contributed by atoms with Crippen molar-refractivity contribution in [1.29, 1.82) is 0 Å². The van der Waals surface area contributed by atoms with Crippen molar-refractivity contribution in [3.63, 3.8) is 0 Å². The summed E-state index contributed by atoms with van der Waals surface area (Å²) in [6.45, 7) is 7.91. The van der Waals surface area contributed by atoms with E-state index in [-0.39, 0.29) is 27.4 Å². The summed E-state index contributed by atoms with van der Waals surface area (Å²) in [6, 6.07) is 22.4. The van der Waals surface area contributed by atoms with Crippen LogP contribution < -0.4 is 9.50 Å². The Hall–Kier alpha value is -4.34. The smallest absolute Gasteiger partial charge is 0.339 e. The number of anilines is 2. The molecule has 0 saturated heterocycles. The zero-order valence-corrected chi connectivity index (χ0v) is 25.2. The van der Waals surface area contributed by atoms with Crippen LogP contribution in [0.1, 0.15) is 31.9 Å². The lowest BCUT2D eigenvalue weighted by atomic mass is 9.87. The number of hydrogen-bond acceptors (Lipinski definition) is 12. The van der Waals surface area contributed by atoms with Crippen LogP contribution in [-0.4, -0.2) is 18.6 Å². The monoisotopic (exact) mass is 624 g/mol. The van der Waals surface area contributed by atoms with E-state index in [4.69, 9.17) is 9.44 Å². The number of hydrogen-bond donors (Lipinski definition) is 2. The average molecular weight is 625 g/mol. The van der Waals surface area contributed by atoms with Crippen molar-refractivity contribution in [3.05, 3.63) is 106 Å². The first-order valence-corrected chi connectivity index (χ1v) is 14.9. The van der Waals surface area contributed by atoms with Crippen LogP contribution in [0, 0.1) is 17.0 Å². The van der Waals surface area contributed by atoms with E-state index in [0.29, 0.717) is 39.6 Å². The molecule has 0 heterocycles. The maximum atomic E-state index is 12.8. The molecule has 14 heteroatoms. The highest BCUT2D eigenvalue weighted by molar-refractivity contribution is 7.94. The maximum absolute atomic E-state index is 12.8. The van der Waals surface area contributed by atoms with Crippen molar-refractivity contribution in [2.45, 2.75) is 42.9 Å². The SMILES string of the molecule is Cc1cc(OS(=O)(=O)c2ccc(C(C)(C)C)cc2)ccc1N=Nc1ccc(Nc2ccc(SOOO)cc2[N+](=O)[O-])cc1. The maximum Gasteiger partial charge on any atom is 0.339 e. The molecular formula is C29H28N4O8S2. The van der Waals surface area contributed by atoms with E-state index in [2.05, 4.69) is 24.9 Å². The van der Waals surface area contributed by atoms with Gasteiger partial charge in [0, 0.05) is 16.6 Å². The Morgan fingerprint density at radius 2 is 1.63 bits per heavy atom. The number of benzene rings is 4. The van der Waals surface area contributed by atoms with E-state index in [1.54, 1.807) is 61.5 Å². The Morgan fingerprint density at radius 3 is 2.23 bits per heavy atom. The molecule has 0 radical (unpaired) electrons. The first kappa shape index (κ1) is 31.6. The molecule has 0 aliphatic heterocycles. The zero-order chi connectivity index (χ0) is 31.2. The molecule has 4 aromatic carbocycles. The Bertz CT molecular complexity index is 1740. The Labute approximate surface area is 252 Å². The Balaban J connectivity index is 1.42. The van der Waals surface area contributed by atoms with Crippen LogP contribution in [0.4, 0.5) is 28.4 Å². The molecule has 4 rings (SSSR count). The minimum atomic E-state index is -4.02. The standard InChI is InChI=1S/C29H28N4O8S2/c1-19-17-23(39-43(37,38)25-13-5-20(6-14-25)29(2,3)4)11-15-26(19)32-31-22-9-7-21(8-10-22)30-27-16-12-24(42-41-40-36)18-28(27)33(34)35/h5-18,30,36H,1-4H3. The Kier molecular flexibility index (Phi) is 9.78. The van der Waals surface area contributed by atoms with Crippen LogP contribution in [0.5, 0.6) is 5.75 Å². The van der Waals surface area contributed by atoms with Gasteiger partial charge in [-0.25, -0.2) is 5.26 Å². The van der Waals surface area contributed by atoms with Gasteiger partial charge in [0.05, 0.1) is 28.3 Å². The summed E-state index contributed by atoms with van der Waals surface area (Å²) in [5.74, 6) is 0.154. The van der Waals surface area contributed by atoms with Crippen molar-refractivity contribution >= 4 is 50.6 Å². The second kappa shape index (κ2) is 13.3. The van der Waals surface area contributed by atoms with E-state index >= 15 is 0 Å². The van der Waals surface area contributed by atoms with Gasteiger partial charge in [0.2, 0.25) is 0 Å². The summed E-state index contributed by atoms with van der Waals surface area (Å²) in [4.78, 5) is 11.4. The van der Waals surface area contributed by atoms with Crippen molar-refractivity contribution in [1.82, 2.24) is 0 Å². The highest BCUT2D eigenvalue weighted by Crippen LogP contribution is 2.34. The van der Waals surface area contributed by atoms with Gasteiger partial charge in [-0.3, -0.25) is 10.1 Å². The number of rotatable bonds is 11. The molecule has 0 atom stereocenters. The molecule has 0 amide bonds. The third-order valence-electron chi connectivity index (χ3n) is 6.13. The molecule has 0 unspecified atom stereocenters. The lowest BCUT2D eigenvalue weighted by Gasteiger charge is -2.19. The summed E-state index contributed by atoms with van der Waals surface area (Å²) in [7, 11) is -4.02. The summed E-state index contributed by atoms with van der Waals surface area (Å²) in [5, 5.41) is 34.8. The number of nitrogens with one attached hydrogen (secondary N) is 1. The number of aryl methyl sites for hydroxylation is 1. The van der Waals surface area contributed by atoms with Gasteiger partial charge in [-0.15, -0.1) is 4.33 Å². The fraction of sp³-hybridized carbons (Fsp3) is 0.172. The van der Waals surface area contributed by atoms with Gasteiger partial charge in [0.1, 0.15) is 16.3 Å². The molecule has 0 aliphatic carbocycles. The lowest BCUT2D eigenvalue weighted by Crippen LogP contribution is -2.13. The largest absolute Gasteiger partial charge is 0.379 e. The summed E-state index contributed by atoms with van der Waals surface area (Å²) in [5.41, 5.74) is 3.22. The number of nitrogens with zero attached hydrogens (tertiary/aromatic N) is 3. The van der Waals surface area contributed by atoms with Crippen LogP contribution in [0.25, 0.3) is 0 Å². The second-order valence-corrected chi connectivity index (χ2v) is 12.6. The van der Waals surface area contributed by atoms with Crippen molar-refractivity contribution in [2.75, 3.05) is 5.32 Å². The van der Waals surface area contributed by atoms with Crippen molar-refractivity contribution in [2.24, 2.45) is 10.2 Å². The van der Waals surface area contributed by atoms with Gasteiger partial charge >= 0.3 is 10.1 Å². The quantitative estimate of drug-likeness (QED) is 0.0413. The number of nitro groups is 1. The lowest BCUT2D eigenvalue weighted by molar-refractivity contribution is -0.432. The molecule has 0 aliphatic rings. The molecule has 0 bridgehead atoms. The average Bonchev–Trinajstić information content (AvgIpc) is 2.96. The topological polar surface area (TPSA) is 162 Å². The molecule has 224 valence electrons. The molecule has 0 aromatic heterocycles. The minimum Gasteiger partial charge on any atom is -0.379 e. The molecular weight excluding hydrogens is 596 g/mol. The van der Waals surface area contributed by atoms with E-state index in [0.717, 1.165) is 5.56 Å². The summed E-state index contributed by atoms with van der Waals surface area (Å²) >= 11 is 0.615. The zero-order valence-electron chi connectivity index (χ0n) is 23.5. The molecule has 0 spiro atoms. The second-order valence-electron chi connectivity index (χ2n) is 10.3. The van der Waals surface area contributed by atoms with E-state index < -0.39 is 15.0 Å². The first-order chi connectivity index (χ1) is 20.4. The fourth-order valence-corrected chi connectivity index (χ4v) is 5.16. The van der Waals surface area contributed by atoms with Crippen LogP contribution in [0.2, 0.25) is 0 Å². The van der Waals surface area contributed by atoms with Crippen LogP contribution in [0.3, 0.4) is 0 Å². The molecule has 0 fully saturated rings. The molecule has 43 heavy (non-hydrogen) atoms. The van der Waals surface area contributed by atoms with Gasteiger partial charge in [-0.05, 0) is 90.2 Å². The minimum absolute atomic E-state index is 0.0632. The summed E-state index contributed by atoms with van der Waals surface area (Å²) < 4.78 is 35.3. The normalized spacial score (nSPS) is 11.9. The third kappa shape index (κ3) is 8.37. The van der Waals surface area contributed by atoms with E-state index in [1.165, 1.54) is 30.3 Å². The fourth-order valence-electron chi connectivity index (χ4n) is 3.84. The van der Waals surface area contributed by atoms with Crippen LogP contribution >= 0.6 is 12.0 Å². The van der Waals surface area contributed by atoms with Gasteiger partial charge in [0.15, 0.2) is 0 Å². The van der Waals surface area contributed by atoms with E-state index in [1.807, 2.05) is 20.8 Å². The highest BCUT2D eigenvalue weighted by Gasteiger charge is 2.20. The number of azo groups is 1. The molecule has 2 N–H and O–H groups in total. The first-order valence-electron chi connectivity index (χ1n) is 12.7. The van der Waals surface area contributed by atoms with Gasteiger partial charge in [-0.2, -0.15) is 18.6 Å². The molecule has 0 saturated carbocycles. The predicted octanol–water partition coefficient (Wildman–Crippen LogP) is 8.56. The summed E-state index contributed by atoms with van der Waals surface area (Å²) in [6.07, 6.45) is 0. The molecule has 4 aromatic rings. The molecule has 12 nitrogen and oxygen atoms in total. The van der Waals surface area contributed by atoms with Crippen LogP contribution in [-0.2, 0) is 24.9 Å². The Morgan fingerprint density at radius 1 is 0.930 bits per heavy atom. The van der Waals surface area contributed by atoms with Gasteiger partial charge in [0.25, 0.3) is 5.69 Å². The van der Waals surface area contributed by atoms with Gasteiger partial charge in [-0.1, -0.05) is 37.9 Å². The van der Waals surface area contributed by atoms with Crippen LogP contribution in [0.15, 0.2) is 105 Å². The predicted molar refractivity (Wildman–Crippen MR) is 162 cm³/mol. The highest BCUT2D eigenvalue weighted by atomic mass is 32.2. The van der Waals surface area contributed by atoms with E-state index in [9.17, 15) is 18.5 Å². The van der Waals surface area contributed by atoms with Gasteiger partial charge < -0.3 is 9.50 Å².